The SMILES string of the molecule is ClCCc1csc(N2CCC2)n1. The molecule has 0 aliphatic carbocycles. The third-order valence-electron chi connectivity index (χ3n) is 2.02. The van der Waals surface area contributed by atoms with E-state index in [0.29, 0.717) is 5.88 Å². The molecule has 0 amide bonds. The molecule has 0 unspecified atom stereocenters. The van der Waals surface area contributed by atoms with Gasteiger partial charge in [-0.3, -0.25) is 0 Å². The molecule has 66 valence electrons. The van der Waals surface area contributed by atoms with Gasteiger partial charge in [-0.1, -0.05) is 0 Å². The molecule has 0 saturated carbocycles. The zero-order chi connectivity index (χ0) is 8.39. The highest BCUT2D eigenvalue weighted by Gasteiger charge is 2.17. The monoisotopic (exact) mass is 202 g/mol. The Bertz CT molecular complexity index is 257. The van der Waals surface area contributed by atoms with Crippen LogP contribution in [0.5, 0.6) is 0 Å². The largest absolute Gasteiger partial charge is 0.348 e. The summed E-state index contributed by atoms with van der Waals surface area (Å²) < 4.78 is 0. The van der Waals surface area contributed by atoms with Gasteiger partial charge in [0.1, 0.15) is 0 Å². The highest BCUT2D eigenvalue weighted by Crippen LogP contribution is 2.24. The van der Waals surface area contributed by atoms with E-state index >= 15 is 0 Å². The van der Waals surface area contributed by atoms with Gasteiger partial charge < -0.3 is 4.90 Å². The highest BCUT2D eigenvalue weighted by atomic mass is 35.5. The smallest absolute Gasteiger partial charge is 0.185 e. The molecule has 0 N–H and O–H groups in total. The standard InChI is InChI=1S/C8H11ClN2S/c9-3-2-7-6-12-8(10-7)11-4-1-5-11/h6H,1-5H2. The van der Waals surface area contributed by atoms with Crippen molar-refractivity contribution in [3.05, 3.63) is 11.1 Å². The second-order valence-corrected chi connectivity index (χ2v) is 4.12. The molecular formula is C8H11ClN2S. The number of nitrogens with zero attached hydrogens (tertiary/aromatic N) is 2. The number of rotatable bonds is 3. The molecule has 1 aliphatic rings. The van der Waals surface area contributed by atoms with Gasteiger partial charge in [-0.15, -0.1) is 22.9 Å². The summed E-state index contributed by atoms with van der Waals surface area (Å²) in [5, 5.41) is 3.28. The van der Waals surface area contributed by atoms with Crippen molar-refractivity contribution >= 4 is 28.1 Å². The number of hydrogen-bond acceptors (Lipinski definition) is 3. The topological polar surface area (TPSA) is 16.1 Å². The zero-order valence-corrected chi connectivity index (χ0v) is 8.37. The minimum absolute atomic E-state index is 0.670. The molecule has 0 spiro atoms. The normalized spacial score (nSPS) is 16.2. The third kappa shape index (κ3) is 1.57. The van der Waals surface area contributed by atoms with Crippen molar-refractivity contribution in [2.24, 2.45) is 0 Å². The number of aryl methyl sites for hydroxylation is 1. The fraction of sp³-hybridized carbons (Fsp3) is 0.625. The first-order valence-electron chi connectivity index (χ1n) is 4.15. The van der Waals surface area contributed by atoms with Crippen LogP contribution in [0.2, 0.25) is 0 Å². The quantitative estimate of drug-likeness (QED) is 0.699. The van der Waals surface area contributed by atoms with E-state index in [1.165, 1.54) is 24.6 Å². The van der Waals surface area contributed by atoms with Crippen molar-refractivity contribution in [1.82, 2.24) is 4.98 Å². The number of anilines is 1. The summed E-state index contributed by atoms with van der Waals surface area (Å²) in [7, 11) is 0. The van der Waals surface area contributed by atoms with Crippen LogP contribution < -0.4 is 4.90 Å². The summed E-state index contributed by atoms with van der Waals surface area (Å²) in [5.74, 6) is 0.670. The summed E-state index contributed by atoms with van der Waals surface area (Å²) >= 11 is 7.35. The molecule has 0 bridgehead atoms. The van der Waals surface area contributed by atoms with Gasteiger partial charge in [0.05, 0.1) is 5.69 Å². The van der Waals surface area contributed by atoms with Crippen LogP contribution >= 0.6 is 22.9 Å². The van der Waals surface area contributed by atoms with Gasteiger partial charge in [-0.2, -0.15) is 0 Å². The molecule has 12 heavy (non-hydrogen) atoms. The van der Waals surface area contributed by atoms with E-state index in [0.717, 1.165) is 12.1 Å². The molecule has 2 rings (SSSR count). The lowest BCUT2D eigenvalue weighted by Crippen LogP contribution is -2.36. The Hall–Kier alpha value is -0.280. The van der Waals surface area contributed by atoms with Crippen LogP contribution in [0.4, 0.5) is 5.13 Å². The Morgan fingerprint density at radius 3 is 3.00 bits per heavy atom. The van der Waals surface area contributed by atoms with Crippen LogP contribution in [0, 0.1) is 0 Å². The first kappa shape index (κ1) is 8.32. The van der Waals surface area contributed by atoms with E-state index in [4.69, 9.17) is 11.6 Å². The number of thiazole rings is 1. The third-order valence-corrected chi connectivity index (χ3v) is 3.16. The van der Waals surface area contributed by atoms with E-state index < -0.39 is 0 Å². The Kier molecular flexibility index (Phi) is 2.51. The maximum Gasteiger partial charge on any atom is 0.185 e. The lowest BCUT2D eigenvalue weighted by Gasteiger charge is -2.30. The average Bonchev–Trinajstić information content (AvgIpc) is 2.34. The maximum atomic E-state index is 5.62. The minimum Gasteiger partial charge on any atom is -0.348 e. The van der Waals surface area contributed by atoms with Crippen molar-refractivity contribution in [2.75, 3.05) is 23.9 Å². The molecule has 1 saturated heterocycles. The lowest BCUT2D eigenvalue weighted by molar-refractivity contribution is 0.615. The summed E-state index contributed by atoms with van der Waals surface area (Å²) in [5.41, 5.74) is 1.14. The van der Waals surface area contributed by atoms with E-state index in [1.807, 2.05) is 0 Å². The van der Waals surface area contributed by atoms with Gasteiger partial charge in [0, 0.05) is 30.8 Å². The van der Waals surface area contributed by atoms with Gasteiger partial charge >= 0.3 is 0 Å². The molecule has 0 radical (unpaired) electrons. The van der Waals surface area contributed by atoms with E-state index in [1.54, 1.807) is 11.3 Å². The molecule has 2 nitrogen and oxygen atoms in total. The predicted molar refractivity (Wildman–Crippen MR) is 53.4 cm³/mol. The molecule has 1 aromatic rings. The molecule has 0 atom stereocenters. The van der Waals surface area contributed by atoms with Gasteiger partial charge in [-0.05, 0) is 6.42 Å². The van der Waals surface area contributed by atoms with Gasteiger partial charge in [0.25, 0.3) is 0 Å². The first-order valence-corrected chi connectivity index (χ1v) is 5.57. The first-order chi connectivity index (χ1) is 5.90. The molecule has 1 aromatic heterocycles. The van der Waals surface area contributed by atoms with Crippen LogP contribution in [-0.2, 0) is 6.42 Å². The van der Waals surface area contributed by atoms with E-state index in [-0.39, 0.29) is 0 Å². The summed E-state index contributed by atoms with van der Waals surface area (Å²) in [4.78, 5) is 6.79. The predicted octanol–water partition coefficient (Wildman–Crippen LogP) is 2.13. The van der Waals surface area contributed by atoms with Crippen LogP contribution in [-0.4, -0.2) is 24.0 Å². The van der Waals surface area contributed by atoms with Crippen LogP contribution in [0.25, 0.3) is 0 Å². The Balaban J connectivity index is 2.02. The summed E-state index contributed by atoms with van der Waals surface area (Å²) in [6.07, 6.45) is 2.20. The minimum atomic E-state index is 0.670. The molecule has 1 fully saturated rings. The fourth-order valence-corrected chi connectivity index (χ4v) is 2.27. The number of halogens is 1. The van der Waals surface area contributed by atoms with Gasteiger partial charge in [-0.25, -0.2) is 4.98 Å². The Morgan fingerprint density at radius 2 is 2.42 bits per heavy atom. The van der Waals surface area contributed by atoms with Crippen molar-refractivity contribution in [3.63, 3.8) is 0 Å². The van der Waals surface area contributed by atoms with Crippen LogP contribution in [0.1, 0.15) is 12.1 Å². The van der Waals surface area contributed by atoms with Crippen LogP contribution in [0.3, 0.4) is 0 Å². The highest BCUT2D eigenvalue weighted by molar-refractivity contribution is 7.13. The molecule has 4 heteroatoms. The van der Waals surface area contributed by atoms with E-state index in [2.05, 4.69) is 15.3 Å². The van der Waals surface area contributed by atoms with Crippen molar-refractivity contribution < 1.29 is 0 Å². The average molecular weight is 203 g/mol. The van der Waals surface area contributed by atoms with Crippen LogP contribution in [0.15, 0.2) is 5.38 Å². The number of hydrogen-bond donors (Lipinski definition) is 0. The second-order valence-electron chi connectivity index (χ2n) is 2.90. The van der Waals surface area contributed by atoms with Crippen molar-refractivity contribution in [3.8, 4) is 0 Å². The number of aromatic nitrogens is 1. The zero-order valence-electron chi connectivity index (χ0n) is 6.79. The fourth-order valence-electron chi connectivity index (χ4n) is 1.16. The van der Waals surface area contributed by atoms with Crippen molar-refractivity contribution in [1.29, 1.82) is 0 Å². The van der Waals surface area contributed by atoms with Crippen molar-refractivity contribution in [2.45, 2.75) is 12.8 Å². The van der Waals surface area contributed by atoms with E-state index in [9.17, 15) is 0 Å². The maximum absolute atomic E-state index is 5.62. The molecule has 1 aliphatic heterocycles. The molecular weight excluding hydrogens is 192 g/mol. The Labute approximate surface area is 81.2 Å². The molecule has 2 heterocycles. The van der Waals surface area contributed by atoms with Gasteiger partial charge in [0.15, 0.2) is 5.13 Å². The second kappa shape index (κ2) is 3.62. The Morgan fingerprint density at radius 1 is 1.58 bits per heavy atom. The summed E-state index contributed by atoms with van der Waals surface area (Å²) in [6, 6.07) is 0. The lowest BCUT2D eigenvalue weighted by atomic mass is 10.2. The molecule has 0 aromatic carbocycles. The summed E-state index contributed by atoms with van der Waals surface area (Å²) in [6.45, 7) is 2.35. The number of alkyl halides is 1. The van der Waals surface area contributed by atoms with Gasteiger partial charge in [0.2, 0.25) is 0 Å².